The third kappa shape index (κ3) is 3.40. The molecule has 0 spiro atoms. The summed E-state index contributed by atoms with van der Waals surface area (Å²) in [5.41, 5.74) is 2.38. The molecule has 0 aromatic heterocycles. The summed E-state index contributed by atoms with van der Waals surface area (Å²) in [6.07, 6.45) is 2.17. The van der Waals surface area contributed by atoms with Crippen LogP contribution < -0.4 is 10.2 Å². The van der Waals surface area contributed by atoms with E-state index in [1.807, 2.05) is 18.2 Å². The van der Waals surface area contributed by atoms with Crippen LogP contribution in [0.15, 0.2) is 48.5 Å². The van der Waals surface area contributed by atoms with Gasteiger partial charge in [-0.3, -0.25) is 9.59 Å². The molecule has 2 aromatic rings. The second-order valence-electron chi connectivity index (χ2n) is 5.80. The average molecular weight is 324 g/mol. The summed E-state index contributed by atoms with van der Waals surface area (Å²) in [6, 6.07) is 14.3. The Kier molecular flexibility index (Phi) is 4.79. The summed E-state index contributed by atoms with van der Waals surface area (Å²) >= 11 is 0. The van der Waals surface area contributed by atoms with Crippen molar-refractivity contribution < 1.29 is 14.7 Å². The van der Waals surface area contributed by atoms with Crippen molar-refractivity contribution in [1.82, 2.24) is 5.32 Å². The number of para-hydroxylation sites is 2. The van der Waals surface area contributed by atoms with Crippen molar-refractivity contribution in [2.24, 2.45) is 0 Å². The molecule has 0 aliphatic carbocycles. The van der Waals surface area contributed by atoms with Crippen LogP contribution in [-0.4, -0.2) is 30.0 Å². The summed E-state index contributed by atoms with van der Waals surface area (Å²) < 4.78 is 0. The molecule has 0 saturated heterocycles. The maximum absolute atomic E-state index is 12.5. The Hall–Kier alpha value is -2.82. The number of amides is 2. The van der Waals surface area contributed by atoms with E-state index in [-0.39, 0.29) is 36.1 Å². The monoisotopic (exact) mass is 324 g/mol. The molecule has 5 heteroatoms. The summed E-state index contributed by atoms with van der Waals surface area (Å²) in [6.45, 7) is 0.952. The summed E-state index contributed by atoms with van der Waals surface area (Å²) in [7, 11) is 0. The Morgan fingerprint density at radius 3 is 2.67 bits per heavy atom. The molecule has 1 aliphatic heterocycles. The Bertz CT molecular complexity index is 758. The molecule has 24 heavy (non-hydrogen) atoms. The van der Waals surface area contributed by atoms with Gasteiger partial charge in [-0.15, -0.1) is 0 Å². The van der Waals surface area contributed by atoms with E-state index in [1.54, 1.807) is 23.1 Å². The Labute approximate surface area is 140 Å². The highest BCUT2D eigenvalue weighted by Crippen LogP contribution is 2.27. The number of carbonyl (C=O) groups is 2. The number of phenols is 1. The highest BCUT2D eigenvalue weighted by atomic mass is 16.3. The Morgan fingerprint density at radius 1 is 1.08 bits per heavy atom. The van der Waals surface area contributed by atoms with Crippen molar-refractivity contribution in [3.8, 4) is 5.75 Å². The number of carbonyl (C=O) groups excluding carboxylic acids is 2. The number of nitrogens with one attached hydrogen (secondary N) is 1. The quantitative estimate of drug-likeness (QED) is 0.908. The zero-order chi connectivity index (χ0) is 16.9. The van der Waals surface area contributed by atoms with Crippen molar-refractivity contribution >= 4 is 17.5 Å². The van der Waals surface area contributed by atoms with Crippen LogP contribution in [0.4, 0.5) is 5.69 Å². The van der Waals surface area contributed by atoms with Crippen LogP contribution in [0, 0.1) is 0 Å². The fourth-order valence-corrected chi connectivity index (χ4v) is 2.97. The second-order valence-corrected chi connectivity index (χ2v) is 5.80. The minimum atomic E-state index is -0.375. The van der Waals surface area contributed by atoms with E-state index in [4.69, 9.17) is 0 Å². The van der Waals surface area contributed by atoms with Gasteiger partial charge in [0.25, 0.3) is 5.91 Å². The molecule has 124 valence electrons. The molecular weight excluding hydrogens is 304 g/mol. The highest BCUT2D eigenvalue weighted by molar-refractivity contribution is 5.98. The lowest BCUT2D eigenvalue weighted by Gasteiger charge is -2.29. The minimum Gasteiger partial charge on any atom is -0.507 e. The fourth-order valence-electron chi connectivity index (χ4n) is 2.97. The molecule has 5 nitrogen and oxygen atoms in total. The van der Waals surface area contributed by atoms with Crippen molar-refractivity contribution in [3.63, 3.8) is 0 Å². The van der Waals surface area contributed by atoms with Crippen LogP contribution in [0.3, 0.4) is 0 Å². The van der Waals surface area contributed by atoms with Gasteiger partial charge in [-0.05, 0) is 36.6 Å². The maximum atomic E-state index is 12.5. The summed E-state index contributed by atoms with van der Waals surface area (Å²) in [5, 5.41) is 12.4. The fraction of sp³-hybridized carbons (Fsp3) is 0.263. The third-order valence-corrected chi connectivity index (χ3v) is 4.18. The lowest BCUT2D eigenvalue weighted by Crippen LogP contribution is -2.37. The molecule has 2 amide bonds. The zero-order valence-corrected chi connectivity index (χ0v) is 13.4. The van der Waals surface area contributed by atoms with Crippen LogP contribution in [-0.2, 0) is 11.2 Å². The predicted molar refractivity (Wildman–Crippen MR) is 92.2 cm³/mol. The maximum Gasteiger partial charge on any atom is 0.255 e. The van der Waals surface area contributed by atoms with E-state index in [2.05, 4.69) is 11.4 Å². The van der Waals surface area contributed by atoms with Crippen LogP contribution in [0.5, 0.6) is 5.75 Å². The van der Waals surface area contributed by atoms with Gasteiger partial charge in [0.2, 0.25) is 5.91 Å². The van der Waals surface area contributed by atoms with E-state index in [0.29, 0.717) is 6.54 Å². The smallest absolute Gasteiger partial charge is 0.255 e. The number of aryl methyl sites for hydroxylation is 1. The van der Waals surface area contributed by atoms with Crippen molar-refractivity contribution in [2.75, 3.05) is 18.0 Å². The first-order chi connectivity index (χ1) is 11.7. The lowest BCUT2D eigenvalue weighted by atomic mass is 10.0. The number of fused-ring (bicyclic) bond motifs is 1. The van der Waals surface area contributed by atoms with E-state index >= 15 is 0 Å². The normalized spacial score (nSPS) is 13.2. The zero-order valence-electron chi connectivity index (χ0n) is 13.4. The lowest BCUT2D eigenvalue weighted by molar-refractivity contribution is -0.118. The molecule has 0 bridgehead atoms. The van der Waals surface area contributed by atoms with Crippen LogP contribution in [0.2, 0.25) is 0 Å². The number of aromatic hydroxyl groups is 1. The molecule has 0 unspecified atom stereocenters. The number of benzene rings is 2. The largest absolute Gasteiger partial charge is 0.507 e. The predicted octanol–water partition coefficient (Wildman–Crippen LogP) is 2.49. The van der Waals surface area contributed by atoms with Gasteiger partial charge < -0.3 is 15.3 Å². The van der Waals surface area contributed by atoms with Gasteiger partial charge in [0.15, 0.2) is 0 Å². The molecule has 1 aliphatic rings. The minimum absolute atomic E-state index is 0.000247. The van der Waals surface area contributed by atoms with Gasteiger partial charge in [-0.1, -0.05) is 30.3 Å². The van der Waals surface area contributed by atoms with E-state index < -0.39 is 0 Å². The summed E-state index contributed by atoms with van der Waals surface area (Å²) in [5.74, 6) is -0.439. The molecule has 0 radical (unpaired) electrons. The van der Waals surface area contributed by atoms with E-state index in [9.17, 15) is 14.7 Å². The van der Waals surface area contributed by atoms with Crippen molar-refractivity contribution in [1.29, 1.82) is 0 Å². The van der Waals surface area contributed by atoms with Gasteiger partial charge in [-0.25, -0.2) is 0 Å². The SMILES string of the molecule is O=C(NCCC(=O)N1CCCc2ccccc21)c1ccccc1O. The van der Waals surface area contributed by atoms with Crippen LogP contribution >= 0.6 is 0 Å². The van der Waals surface area contributed by atoms with Crippen LogP contribution in [0.1, 0.15) is 28.8 Å². The highest BCUT2D eigenvalue weighted by Gasteiger charge is 2.21. The van der Waals surface area contributed by atoms with Crippen molar-refractivity contribution in [2.45, 2.75) is 19.3 Å². The molecule has 0 fully saturated rings. The number of hydrogen-bond acceptors (Lipinski definition) is 3. The first kappa shape index (κ1) is 16.1. The van der Waals surface area contributed by atoms with E-state index in [0.717, 1.165) is 18.5 Å². The van der Waals surface area contributed by atoms with Gasteiger partial charge in [0.1, 0.15) is 5.75 Å². The number of rotatable bonds is 4. The number of phenolic OH excluding ortho intramolecular Hbond substituents is 1. The first-order valence-corrected chi connectivity index (χ1v) is 8.11. The molecule has 3 rings (SSSR count). The summed E-state index contributed by atoms with van der Waals surface area (Å²) in [4.78, 5) is 26.3. The van der Waals surface area contributed by atoms with Gasteiger partial charge in [0.05, 0.1) is 5.56 Å². The second kappa shape index (κ2) is 7.17. The Balaban J connectivity index is 1.57. The standard InChI is InChI=1S/C19H20N2O3/c22-17-10-4-2-8-15(17)19(24)20-12-11-18(23)21-13-5-7-14-6-1-3-9-16(14)21/h1-4,6,8-10,22H,5,7,11-13H2,(H,20,24). The first-order valence-electron chi connectivity index (χ1n) is 8.11. The number of anilines is 1. The third-order valence-electron chi connectivity index (χ3n) is 4.18. The van der Waals surface area contributed by atoms with Crippen molar-refractivity contribution in [3.05, 3.63) is 59.7 Å². The molecule has 0 saturated carbocycles. The molecule has 2 aromatic carbocycles. The average Bonchev–Trinajstić information content (AvgIpc) is 2.61. The van der Waals surface area contributed by atoms with Gasteiger partial charge in [0, 0.05) is 25.2 Å². The van der Waals surface area contributed by atoms with E-state index in [1.165, 1.54) is 11.6 Å². The number of hydrogen-bond donors (Lipinski definition) is 2. The Morgan fingerprint density at radius 2 is 1.83 bits per heavy atom. The number of nitrogens with zero attached hydrogens (tertiary/aromatic N) is 1. The molecular formula is C19H20N2O3. The molecule has 1 heterocycles. The molecule has 0 atom stereocenters. The topological polar surface area (TPSA) is 69.6 Å². The molecule has 2 N–H and O–H groups in total. The van der Waals surface area contributed by atoms with Gasteiger partial charge >= 0.3 is 0 Å². The van der Waals surface area contributed by atoms with Crippen LogP contribution in [0.25, 0.3) is 0 Å². The van der Waals surface area contributed by atoms with Gasteiger partial charge in [-0.2, -0.15) is 0 Å².